The second-order valence-corrected chi connectivity index (χ2v) is 4.55. The van der Waals surface area contributed by atoms with E-state index in [9.17, 15) is 9.18 Å². The van der Waals surface area contributed by atoms with Crippen molar-refractivity contribution in [3.63, 3.8) is 0 Å². The first-order chi connectivity index (χ1) is 8.25. The molecule has 0 aromatic carbocycles. The van der Waals surface area contributed by atoms with Crippen LogP contribution in [0, 0.1) is 11.7 Å². The number of Topliss-reactive ketones (excluding diaryl/α,β-unsaturated/α-hetero) is 1. The number of ketones is 1. The van der Waals surface area contributed by atoms with Gasteiger partial charge in [-0.25, -0.2) is 4.39 Å². The van der Waals surface area contributed by atoms with Crippen LogP contribution in [-0.2, 0) is 0 Å². The van der Waals surface area contributed by atoms with Crippen LogP contribution < -0.4 is 5.32 Å². The fourth-order valence-corrected chi connectivity index (χ4v) is 2.21. The van der Waals surface area contributed by atoms with Gasteiger partial charge in [-0.3, -0.25) is 9.78 Å². The molecule has 1 aliphatic heterocycles. The summed E-state index contributed by atoms with van der Waals surface area (Å²) in [5, 5.41) is 3.30. The van der Waals surface area contributed by atoms with Gasteiger partial charge in [0.05, 0.1) is 6.20 Å². The molecule has 1 saturated heterocycles. The molecule has 1 N–H and O–H groups in total. The number of rotatable bonds is 4. The topological polar surface area (TPSA) is 42.0 Å². The lowest BCUT2D eigenvalue weighted by molar-refractivity contribution is 0.0970. The van der Waals surface area contributed by atoms with Crippen molar-refractivity contribution in [1.82, 2.24) is 10.3 Å². The molecule has 0 radical (unpaired) electrons. The molecular formula is C13H17FN2O. The quantitative estimate of drug-likeness (QED) is 0.815. The average molecular weight is 236 g/mol. The molecule has 92 valence electrons. The normalized spacial score (nSPS) is 17.0. The Morgan fingerprint density at radius 3 is 2.88 bits per heavy atom. The van der Waals surface area contributed by atoms with Crippen LogP contribution in [-0.4, -0.2) is 23.9 Å². The van der Waals surface area contributed by atoms with Crippen LogP contribution in [0.5, 0.6) is 0 Å². The van der Waals surface area contributed by atoms with Crippen LogP contribution in [0.15, 0.2) is 18.5 Å². The van der Waals surface area contributed by atoms with Gasteiger partial charge in [0.2, 0.25) is 0 Å². The number of hydrogen-bond acceptors (Lipinski definition) is 3. The molecule has 1 aromatic heterocycles. The standard InChI is InChI=1S/C13H17FN2O/c14-12-7-11(8-16-9-12)13(17)2-1-10-3-5-15-6-4-10/h7-10,15H,1-6H2. The van der Waals surface area contributed by atoms with Crippen molar-refractivity contribution in [2.45, 2.75) is 25.7 Å². The maximum absolute atomic E-state index is 12.9. The summed E-state index contributed by atoms with van der Waals surface area (Å²) in [4.78, 5) is 15.5. The van der Waals surface area contributed by atoms with E-state index in [-0.39, 0.29) is 5.78 Å². The molecule has 1 fully saturated rings. The Bertz CT molecular complexity index is 389. The first-order valence-electron chi connectivity index (χ1n) is 6.10. The summed E-state index contributed by atoms with van der Waals surface area (Å²) in [5.41, 5.74) is 0.388. The lowest BCUT2D eigenvalue weighted by atomic mass is 9.91. The van der Waals surface area contributed by atoms with Crippen molar-refractivity contribution in [2.75, 3.05) is 13.1 Å². The molecule has 3 nitrogen and oxygen atoms in total. The van der Waals surface area contributed by atoms with Gasteiger partial charge in [0.1, 0.15) is 5.82 Å². The third-order valence-corrected chi connectivity index (χ3v) is 3.27. The number of aromatic nitrogens is 1. The highest BCUT2D eigenvalue weighted by molar-refractivity contribution is 5.95. The molecule has 1 aromatic rings. The minimum atomic E-state index is -0.447. The van der Waals surface area contributed by atoms with Gasteiger partial charge in [0, 0.05) is 18.2 Å². The fraction of sp³-hybridized carbons (Fsp3) is 0.538. The van der Waals surface area contributed by atoms with E-state index in [0.29, 0.717) is 17.9 Å². The van der Waals surface area contributed by atoms with Gasteiger partial charge >= 0.3 is 0 Å². The van der Waals surface area contributed by atoms with Crippen molar-refractivity contribution in [3.05, 3.63) is 29.8 Å². The van der Waals surface area contributed by atoms with Crippen LogP contribution in [0.2, 0.25) is 0 Å². The zero-order valence-electron chi connectivity index (χ0n) is 9.79. The van der Waals surface area contributed by atoms with Crippen molar-refractivity contribution in [1.29, 1.82) is 0 Å². The number of halogens is 1. The molecule has 0 amide bonds. The minimum Gasteiger partial charge on any atom is -0.317 e. The highest BCUT2D eigenvalue weighted by Gasteiger charge is 2.15. The largest absolute Gasteiger partial charge is 0.317 e. The first kappa shape index (κ1) is 12.2. The van der Waals surface area contributed by atoms with Crippen LogP contribution in [0.25, 0.3) is 0 Å². The Balaban J connectivity index is 1.84. The van der Waals surface area contributed by atoms with E-state index in [1.807, 2.05) is 0 Å². The highest BCUT2D eigenvalue weighted by atomic mass is 19.1. The van der Waals surface area contributed by atoms with E-state index >= 15 is 0 Å². The Morgan fingerprint density at radius 1 is 1.41 bits per heavy atom. The van der Waals surface area contributed by atoms with Gasteiger partial charge in [0.15, 0.2) is 5.78 Å². The van der Waals surface area contributed by atoms with Crippen LogP contribution >= 0.6 is 0 Å². The Hall–Kier alpha value is -1.29. The Labute approximate surface area is 100 Å². The summed E-state index contributed by atoms with van der Waals surface area (Å²) in [6.07, 6.45) is 6.22. The number of nitrogens with zero attached hydrogens (tertiary/aromatic N) is 1. The molecule has 0 saturated carbocycles. The maximum Gasteiger partial charge on any atom is 0.164 e. The molecule has 0 bridgehead atoms. The third kappa shape index (κ3) is 3.60. The SMILES string of the molecule is O=C(CCC1CCNCC1)c1cncc(F)c1. The van der Waals surface area contributed by atoms with Gasteiger partial charge < -0.3 is 5.32 Å². The van der Waals surface area contributed by atoms with Gasteiger partial charge in [0.25, 0.3) is 0 Å². The molecule has 2 heterocycles. The van der Waals surface area contributed by atoms with E-state index < -0.39 is 5.82 Å². The summed E-state index contributed by atoms with van der Waals surface area (Å²) >= 11 is 0. The monoisotopic (exact) mass is 236 g/mol. The minimum absolute atomic E-state index is 0.00414. The van der Waals surface area contributed by atoms with E-state index in [1.165, 1.54) is 12.3 Å². The average Bonchev–Trinajstić information content (AvgIpc) is 2.37. The van der Waals surface area contributed by atoms with Crippen molar-refractivity contribution in [2.24, 2.45) is 5.92 Å². The summed E-state index contributed by atoms with van der Waals surface area (Å²) in [6, 6.07) is 1.26. The number of nitrogens with one attached hydrogen (secondary N) is 1. The van der Waals surface area contributed by atoms with E-state index in [0.717, 1.165) is 38.5 Å². The summed E-state index contributed by atoms with van der Waals surface area (Å²) < 4.78 is 12.9. The Morgan fingerprint density at radius 2 is 2.18 bits per heavy atom. The van der Waals surface area contributed by atoms with Crippen LogP contribution in [0.1, 0.15) is 36.0 Å². The predicted octanol–water partition coefficient (Wildman–Crippen LogP) is 2.18. The van der Waals surface area contributed by atoms with Crippen molar-refractivity contribution < 1.29 is 9.18 Å². The predicted molar refractivity (Wildman–Crippen MR) is 63.4 cm³/mol. The molecular weight excluding hydrogens is 219 g/mol. The van der Waals surface area contributed by atoms with Crippen LogP contribution in [0.4, 0.5) is 4.39 Å². The third-order valence-electron chi connectivity index (χ3n) is 3.27. The molecule has 4 heteroatoms. The number of piperidine rings is 1. The smallest absolute Gasteiger partial charge is 0.164 e. The molecule has 0 aliphatic carbocycles. The van der Waals surface area contributed by atoms with Gasteiger partial charge in [-0.2, -0.15) is 0 Å². The molecule has 0 spiro atoms. The zero-order chi connectivity index (χ0) is 12.1. The molecule has 17 heavy (non-hydrogen) atoms. The number of hydrogen-bond donors (Lipinski definition) is 1. The van der Waals surface area contributed by atoms with Gasteiger partial charge in [-0.1, -0.05) is 0 Å². The summed E-state index contributed by atoms with van der Waals surface area (Å²) in [5.74, 6) is 0.176. The van der Waals surface area contributed by atoms with E-state index in [1.54, 1.807) is 0 Å². The van der Waals surface area contributed by atoms with Crippen molar-refractivity contribution in [3.8, 4) is 0 Å². The maximum atomic E-state index is 12.9. The van der Waals surface area contributed by atoms with Crippen molar-refractivity contribution >= 4 is 5.78 Å². The van der Waals surface area contributed by atoms with Gasteiger partial charge in [-0.05, 0) is 44.3 Å². The second kappa shape index (κ2) is 5.87. The second-order valence-electron chi connectivity index (χ2n) is 4.55. The molecule has 2 rings (SSSR count). The van der Waals surface area contributed by atoms with Crippen LogP contribution in [0.3, 0.4) is 0 Å². The fourth-order valence-electron chi connectivity index (χ4n) is 2.21. The number of carbonyl (C=O) groups excluding carboxylic acids is 1. The summed E-state index contributed by atoms with van der Waals surface area (Å²) in [6.45, 7) is 2.08. The van der Waals surface area contributed by atoms with E-state index in [2.05, 4.69) is 10.3 Å². The van der Waals surface area contributed by atoms with E-state index in [4.69, 9.17) is 0 Å². The number of pyridine rings is 1. The Kier molecular flexibility index (Phi) is 4.20. The lowest BCUT2D eigenvalue weighted by Crippen LogP contribution is -2.28. The number of carbonyl (C=O) groups is 1. The lowest BCUT2D eigenvalue weighted by Gasteiger charge is -2.22. The first-order valence-corrected chi connectivity index (χ1v) is 6.10. The zero-order valence-corrected chi connectivity index (χ0v) is 9.79. The summed E-state index contributed by atoms with van der Waals surface area (Å²) in [7, 11) is 0. The molecule has 1 aliphatic rings. The molecule has 0 atom stereocenters. The van der Waals surface area contributed by atoms with Gasteiger partial charge in [-0.15, -0.1) is 0 Å². The molecule has 0 unspecified atom stereocenters. The highest BCUT2D eigenvalue weighted by Crippen LogP contribution is 2.19.